The summed E-state index contributed by atoms with van der Waals surface area (Å²) in [5, 5.41) is 0. The predicted octanol–water partition coefficient (Wildman–Crippen LogP) is -0.178. The van der Waals surface area contributed by atoms with Gasteiger partial charge in [0.25, 0.3) is 0 Å². The Bertz CT molecular complexity index is 279. The normalized spacial score (nSPS) is 14.0. The van der Waals surface area contributed by atoms with Gasteiger partial charge < -0.3 is 0 Å². The molecule has 0 bridgehead atoms. The fraction of sp³-hybridized carbons (Fsp3) is 1.00. The van der Waals surface area contributed by atoms with Crippen LogP contribution in [0.1, 0.15) is 26.2 Å². The standard InChI is InChI=1S/C7H18N2O4S2/c1-2-5-9-15(12,13)7-4-3-6-8-14(10)11/h8-9H,2-7H2,1H3,(H,10,11). The van der Waals surface area contributed by atoms with E-state index in [9.17, 15) is 12.6 Å². The Morgan fingerprint density at radius 1 is 1.27 bits per heavy atom. The molecule has 0 amide bonds. The summed E-state index contributed by atoms with van der Waals surface area (Å²) in [4.78, 5) is 0. The summed E-state index contributed by atoms with van der Waals surface area (Å²) in [6.07, 6.45) is 1.80. The zero-order valence-corrected chi connectivity index (χ0v) is 10.4. The minimum atomic E-state index is -3.16. The molecule has 0 rings (SSSR count). The lowest BCUT2D eigenvalue weighted by molar-refractivity contribution is 0.546. The molecule has 0 aromatic heterocycles. The van der Waals surface area contributed by atoms with Gasteiger partial charge in [-0.25, -0.2) is 22.1 Å². The average Bonchev–Trinajstić information content (AvgIpc) is 2.14. The second kappa shape index (κ2) is 8.17. The van der Waals surface area contributed by atoms with Gasteiger partial charge in [-0.05, 0) is 19.3 Å². The van der Waals surface area contributed by atoms with E-state index >= 15 is 0 Å². The average molecular weight is 258 g/mol. The molecule has 0 saturated carbocycles. The predicted molar refractivity (Wildman–Crippen MR) is 60.1 cm³/mol. The van der Waals surface area contributed by atoms with Crippen LogP contribution in [0.3, 0.4) is 0 Å². The number of sulfonamides is 1. The topological polar surface area (TPSA) is 95.5 Å². The monoisotopic (exact) mass is 258 g/mol. The van der Waals surface area contributed by atoms with Gasteiger partial charge >= 0.3 is 0 Å². The highest BCUT2D eigenvalue weighted by molar-refractivity contribution is 7.89. The van der Waals surface area contributed by atoms with Crippen LogP contribution < -0.4 is 9.44 Å². The second-order valence-electron chi connectivity index (χ2n) is 3.06. The quantitative estimate of drug-likeness (QED) is 0.395. The Kier molecular flexibility index (Phi) is 8.16. The SMILES string of the molecule is CCCNS(=O)(=O)CCCCNS(=O)O. The largest absolute Gasteiger partial charge is 0.294 e. The van der Waals surface area contributed by atoms with Crippen LogP contribution in [0.25, 0.3) is 0 Å². The number of hydrogen-bond donors (Lipinski definition) is 3. The second-order valence-corrected chi connectivity index (χ2v) is 5.78. The Labute approximate surface area is 93.3 Å². The number of unbranched alkanes of at least 4 members (excludes halogenated alkanes) is 1. The fourth-order valence-corrected chi connectivity index (χ4v) is 2.47. The molecule has 1 atom stereocenters. The van der Waals surface area contributed by atoms with Crippen molar-refractivity contribution in [3.05, 3.63) is 0 Å². The summed E-state index contributed by atoms with van der Waals surface area (Å²) in [5.74, 6) is 0.0622. The summed E-state index contributed by atoms with van der Waals surface area (Å²) in [5.41, 5.74) is 0. The molecule has 8 heteroatoms. The maximum absolute atomic E-state index is 11.2. The molecule has 3 N–H and O–H groups in total. The molecule has 6 nitrogen and oxygen atoms in total. The summed E-state index contributed by atoms with van der Waals surface area (Å²) in [6, 6.07) is 0. The van der Waals surface area contributed by atoms with E-state index < -0.39 is 21.3 Å². The molecule has 0 spiro atoms. The van der Waals surface area contributed by atoms with Gasteiger partial charge in [0.2, 0.25) is 21.3 Å². The first-order chi connectivity index (χ1) is 6.98. The lowest BCUT2D eigenvalue weighted by Crippen LogP contribution is -2.27. The van der Waals surface area contributed by atoms with E-state index in [1.807, 2.05) is 6.92 Å². The van der Waals surface area contributed by atoms with Crippen molar-refractivity contribution in [3.8, 4) is 0 Å². The van der Waals surface area contributed by atoms with E-state index in [2.05, 4.69) is 9.44 Å². The first kappa shape index (κ1) is 15.0. The van der Waals surface area contributed by atoms with Crippen molar-refractivity contribution in [1.82, 2.24) is 9.44 Å². The van der Waals surface area contributed by atoms with Gasteiger partial charge in [-0.3, -0.25) is 4.55 Å². The van der Waals surface area contributed by atoms with E-state index in [1.54, 1.807) is 0 Å². The van der Waals surface area contributed by atoms with Crippen LogP contribution in [-0.2, 0) is 21.3 Å². The van der Waals surface area contributed by atoms with Crippen LogP contribution in [0.2, 0.25) is 0 Å². The molecule has 0 aliphatic rings. The van der Waals surface area contributed by atoms with Crippen LogP contribution in [0.4, 0.5) is 0 Å². The van der Waals surface area contributed by atoms with E-state index in [4.69, 9.17) is 4.55 Å². The van der Waals surface area contributed by atoms with E-state index in [1.165, 1.54) is 0 Å². The first-order valence-electron chi connectivity index (χ1n) is 4.79. The molecule has 1 unspecified atom stereocenters. The fourth-order valence-electron chi connectivity index (χ4n) is 0.906. The highest BCUT2D eigenvalue weighted by atomic mass is 32.2. The molecule has 0 saturated heterocycles. The van der Waals surface area contributed by atoms with Gasteiger partial charge in [-0.2, -0.15) is 0 Å². The van der Waals surface area contributed by atoms with Crippen molar-refractivity contribution < 1.29 is 17.2 Å². The van der Waals surface area contributed by atoms with Crippen molar-refractivity contribution >= 4 is 21.3 Å². The minimum absolute atomic E-state index is 0.0622. The smallest absolute Gasteiger partial charge is 0.231 e. The molecule has 0 radical (unpaired) electrons. The molecule has 0 fully saturated rings. The molecule has 0 aromatic carbocycles. The number of nitrogens with one attached hydrogen (secondary N) is 2. The van der Waals surface area contributed by atoms with Crippen molar-refractivity contribution in [1.29, 1.82) is 0 Å². The molecule has 0 aliphatic carbocycles. The van der Waals surface area contributed by atoms with Crippen molar-refractivity contribution in [3.63, 3.8) is 0 Å². The zero-order chi connectivity index (χ0) is 11.7. The lowest BCUT2D eigenvalue weighted by Gasteiger charge is -2.04. The van der Waals surface area contributed by atoms with Crippen LogP contribution in [0.15, 0.2) is 0 Å². The van der Waals surface area contributed by atoms with Gasteiger partial charge in [0.15, 0.2) is 0 Å². The van der Waals surface area contributed by atoms with Gasteiger partial charge in [0.1, 0.15) is 0 Å². The highest BCUT2D eigenvalue weighted by Gasteiger charge is 2.07. The van der Waals surface area contributed by atoms with Crippen molar-refractivity contribution in [2.75, 3.05) is 18.8 Å². The third-order valence-corrected chi connectivity index (χ3v) is 3.56. The van der Waals surface area contributed by atoms with Crippen LogP contribution in [-0.4, -0.2) is 36.0 Å². The molecular formula is C7H18N2O4S2. The molecule has 0 heterocycles. The Hall–Kier alpha value is -0.0200. The van der Waals surface area contributed by atoms with E-state index in [0.717, 1.165) is 6.42 Å². The van der Waals surface area contributed by atoms with Gasteiger partial charge in [0.05, 0.1) is 5.75 Å². The van der Waals surface area contributed by atoms with Crippen LogP contribution in [0, 0.1) is 0 Å². The maximum Gasteiger partial charge on any atom is 0.231 e. The van der Waals surface area contributed by atoms with Gasteiger partial charge in [0, 0.05) is 13.1 Å². The first-order valence-corrected chi connectivity index (χ1v) is 7.55. The number of rotatable bonds is 9. The summed E-state index contributed by atoms with van der Waals surface area (Å²) in [7, 11) is -3.16. The Morgan fingerprint density at radius 2 is 1.93 bits per heavy atom. The van der Waals surface area contributed by atoms with Gasteiger partial charge in [-0.1, -0.05) is 6.92 Å². The molecule has 92 valence electrons. The van der Waals surface area contributed by atoms with E-state index in [0.29, 0.717) is 25.9 Å². The lowest BCUT2D eigenvalue weighted by atomic mass is 10.3. The van der Waals surface area contributed by atoms with Gasteiger partial charge in [-0.15, -0.1) is 0 Å². The van der Waals surface area contributed by atoms with Crippen LogP contribution >= 0.6 is 0 Å². The third kappa shape index (κ3) is 10.3. The molecule has 0 aromatic rings. The van der Waals surface area contributed by atoms with Crippen LogP contribution in [0.5, 0.6) is 0 Å². The maximum atomic E-state index is 11.2. The van der Waals surface area contributed by atoms with E-state index in [-0.39, 0.29) is 5.75 Å². The molecular weight excluding hydrogens is 240 g/mol. The third-order valence-electron chi connectivity index (χ3n) is 1.64. The summed E-state index contributed by atoms with van der Waals surface area (Å²) >= 11 is -2.01. The summed E-state index contributed by atoms with van der Waals surface area (Å²) < 4.78 is 45.8. The molecule has 15 heavy (non-hydrogen) atoms. The highest BCUT2D eigenvalue weighted by Crippen LogP contribution is 1.94. The Morgan fingerprint density at radius 3 is 2.47 bits per heavy atom. The Balaban J connectivity index is 3.53. The molecule has 0 aliphatic heterocycles. The summed E-state index contributed by atoms with van der Waals surface area (Å²) in [6.45, 7) is 2.69. The number of hydrogen-bond acceptors (Lipinski definition) is 3. The minimum Gasteiger partial charge on any atom is -0.294 e. The van der Waals surface area contributed by atoms with Crippen molar-refractivity contribution in [2.45, 2.75) is 26.2 Å². The zero-order valence-electron chi connectivity index (χ0n) is 8.73. The van der Waals surface area contributed by atoms with Crippen molar-refractivity contribution in [2.24, 2.45) is 0 Å².